The van der Waals surface area contributed by atoms with Gasteiger partial charge in [0.2, 0.25) is 0 Å². The van der Waals surface area contributed by atoms with Gasteiger partial charge in [0, 0.05) is 11.1 Å². The highest BCUT2D eigenvalue weighted by atomic mass is 16.6. The molecule has 3 N–H and O–H groups in total. The van der Waals surface area contributed by atoms with Gasteiger partial charge in [0.25, 0.3) is 5.91 Å². The first-order valence-electron chi connectivity index (χ1n) is 7.19. The zero-order valence-electron chi connectivity index (χ0n) is 13.8. The molecule has 1 rings (SSSR count). The molecule has 0 heterocycles. The number of hydrogen-bond acceptors (Lipinski definition) is 4. The average molecular weight is 332 g/mol. The molecule has 1 atom stereocenters. The van der Waals surface area contributed by atoms with Crippen LogP contribution < -0.4 is 10.6 Å². The van der Waals surface area contributed by atoms with Gasteiger partial charge < -0.3 is 20.5 Å². The van der Waals surface area contributed by atoms with E-state index in [1.54, 1.807) is 32.9 Å². The topological polar surface area (TPSA) is 105 Å². The van der Waals surface area contributed by atoms with Gasteiger partial charge >= 0.3 is 12.1 Å². The summed E-state index contributed by atoms with van der Waals surface area (Å²) < 4.78 is 5.01. The number of carbonyl (C=O) groups excluding carboxylic acids is 2. The zero-order chi connectivity index (χ0) is 18.3. The summed E-state index contributed by atoms with van der Waals surface area (Å²) in [4.78, 5) is 34.8. The summed E-state index contributed by atoms with van der Waals surface area (Å²) in [6.07, 6.45) is 4.47. The Morgan fingerprint density at radius 2 is 1.83 bits per heavy atom. The monoisotopic (exact) mass is 332 g/mol. The lowest BCUT2D eigenvalue weighted by Gasteiger charge is -2.21. The number of aliphatic carboxylic acids is 1. The Bertz CT molecular complexity index is 653. The molecule has 0 spiro atoms. The SMILES string of the molecule is C#Cc1ccc(C(=O)NC(CNC(=O)OC(C)(C)C)C(=O)O)cc1. The maximum atomic E-state index is 12.1. The summed E-state index contributed by atoms with van der Waals surface area (Å²) in [5.74, 6) is 0.552. The summed E-state index contributed by atoms with van der Waals surface area (Å²) in [5.41, 5.74) is 0.163. The van der Waals surface area contributed by atoms with Crippen LogP contribution in [-0.2, 0) is 9.53 Å². The molecule has 0 aliphatic heterocycles. The van der Waals surface area contributed by atoms with Crippen molar-refractivity contribution in [3.05, 3.63) is 35.4 Å². The lowest BCUT2D eigenvalue weighted by Crippen LogP contribution is -2.49. The molecule has 1 aromatic rings. The minimum atomic E-state index is -1.29. The molecular weight excluding hydrogens is 312 g/mol. The van der Waals surface area contributed by atoms with E-state index in [9.17, 15) is 14.4 Å². The molecule has 0 aromatic heterocycles. The van der Waals surface area contributed by atoms with Crippen molar-refractivity contribution in [2.24, 2.45) is 0 Å². The van der Waals surface area contributed by atoms with Crippen molar-refractivity contribution >= 4 is 18.0 Å². The minimum Gasteiger partial charge on any atom is -0.480 e. The second kappa shape index (κ2) is 8.02. The van der Waals surface area contributed by atoms with Crippen molar-refractivity contribution in [1.82, 2.24) is 10.6 Å². The third-order valence-corrected chi connectivity index (χ3v) is 2.77. The summed E-state index contributed by atoms with van der Waals surface area (Å²) in [6.45, 7) is 4.74. The number of terminal acetylenes is 1. The number of rotatable bonds is 5. The Labute approximate surface area is 140 Å². The number of ether oxygens (including phenoxy) is 1. The number of carboxylic acid groups (broad SMARTS) is 1. The van der Waals surface area contributed by atoms with Crippen molar-refractivity contribution in [1.29, 1.82) is 0 Å². The van der Waals surface area contributed by atoms with Crippen LogP contribution in [0.15, 0.2) is 24.3 Å². The molecule has 0 aliphatic rings. The van der Waals surface area contributed by atoms with Gasteiger partial charge in [-0.3, -0.25) is 4.79 Å². The molecule has 0 aliphatic carbocycles. The van der Waals surface area contributed by atoms with Crippen LogP contribution in [0.4, 0.5) is 4.79 Å². The standard InChI is InChI=1S/C17H20N2O5/c1-5-11-6-8-12(9-7-11)14(20)19-13(15(21)22)10-18-16(23)24-17(2,3)4/h1,6-9,13H,10H2,2-4H3,(H,18,23)(H,19,20)(H,21,22). The molecule has 128 valence electrons. The fourth-order valence-electron chi connectivity index (χ4n) is 1.66. The number of hydrogen-bond donors (Lipinski definition) is 3. The smallest absolute Gasteiger partial charge is 0.407 e. The maximum absolute atomic E-state index is 12.1. The first-order valence-corrected chi connectivity index (χ1v) is 7.19. The van der Waals surface area contributed by atoms with Crippen molar-refractivity contribution in [2.45, 2.75) is 32.4 Å². The molecule has 7 nitrogen and oxygen atoms in total. The fraction of sp³-hybridized carbons (Fsp3) is 0.353. The average Bonchev–Trinajstić information content (AvgIpc) is 2.49. The second-order valence-electron chi connectivity index (χ2n) is 5.97. The van der Waals surface area contributed by atoms with Crippen LogP contribution in [0.5, 0.6) is 0 Å². The Morgan fingerprint density at radius 3 is 2.29 bits per heavy atom. The number of benzene rings is 1. The van der Waals surface area contributed by atoms with Crippen LogP contribution in [0.3, 0.4) is 0 Å². The third-order valence-electron chi connectivity index (χ3n) is 2.77. The first-order chi connectivity index (χ1) is 11.1. The lowest BCUT2D eigenvalue weighted by molar-refractivity contribution is -0.139. The van der Waals surface area contributed by atoms with Crippen LogP contribution in [-0.4, -0.2) is 41.3 Å². The Kier molecular flexibility index (Phi) is 6.36. The van der Waals surface area contributed by atoms with E-state index in [4.69, 9.17) is 16.3 Å². The predicted octanol–water partition coefficient (Wildman–Crippen LogP) is 1.38. The van der Waals surface area contributed by atoms with E-state index in [1.165, 1.54) is 12.1 Å². The molecule has 24 heavy (non-hydrogen) atoms. The number of amides is 2. The van der Waals surface area contributed by atoms with Gasteiger partial charge in [-0.2, -0.15) is 0 Å². The van der Waals surface area contributed by atoms with E-state index in [0.29, 0.717) is 5.56 Å². The summed E-state index contributed by atoms with van der Waals surface area (Å²) in [6, 6.07) is 4.83. The highest BCUT2D eigenvalue weighted by Crippen LogP contribution is 2.06. The van der Waals surface area contributed by atoms with Crippen molar-refractivity contribution in [2.75, 3.05) is 6.54 Å². The van der Waals surface area contributed by atoms with E-state index in [1.807, 2.05) is 0 Å². The van der Waals surface area contributed by atoms with Crippen LogP contribution in [0.25, 0.3) is 0 Å². The van der Waals surface area contributed by atoms with E-state index in [-0.39, 0.29) is 12.1 Å². The molecule has 2 amide bonds. The third kappa shape index (κ3) is 6.40. The summed E-state index contributed by atoms with van der Waals surface area (Å²) in [7, 11) is 0. The van der Waals surface area contributed by atoms with E-state index in [2.05, 4.69) is 16.6 Å². The molecule has 0 saturated heterocycles. The predicted molar refractivity (Wildman–Crippen MR) is 87.5 cm³/mol. The molecule has 0 radical (unpaired) electrons. The molecular formula is C17H20N2O5. The molecule has 0 fully saturated rings. The van der Waals surface area contributed by atoms with Gasteiger partial charge in [0.15, 0.2) is 0 Å². The van der Waals surface area contributed by atoms with Crippen LogP contribution in [0.1, 0.15) is 36.7 Å². The molecule has 1 aromatic carbocycles. The number of carboxylic acids is 1. The van der Waals surface area contributed by atoms with Gasteiger partial charge in [-0.25, -0.2) is 9.59 Å². The summed E-state index contributed by atoms with van der Waals surface area (Å²) in [5, 5.41) is 13.8. The van der Waals surface area contributed by atoms with Gasteiger partial charge in [-0.15, -0.1) is 6.42 Å². The first kappa shape index (κ1) is 19.0. The highest BCUT2D eigenvalue weighted by Gasteiger charge is 2.23. The van der Waals surface area contributed by atoms with Crippen LogP contribution >= 0.6 is 0 Å². The normalized spacial score (nSPS) is 11.8. The Hall–Kier alpha value is -3.01. The fourth-order valence-corrected chi connectivity index (χ4v) is 1.66. The summed E-state index contributed by atoms with van der Waals surface area (Å²) >= 11 is 0. The molecule has 0 saturated carbocycles. The number of carbonyl (C=O) groups is 3. The van der Waals surface area contributed by atoms with Gasteiger partial charge in [0.05, 0.1) is 6.54 Å². The minimum absolute atomic E-state index is 0.262. The maximum Gasteiger partial charge on any atom is 0.407 e. The van der Waals surface area contributed by atoms with E-state index < -0.39 is 29.6 Å². The quantitative estimate of drug-likeness (QED) is 0.707. The largest absolute Gasteiger partial charge is 0.480 e. The molecule has 1 unspecified atom stereocenters. The van der Waals surface area contributed by atoms with Crippen LogP contribution in [0, 0.1) is 12.3 Å². The van der Waals surface area contributed by atoms with Gasteiger partial charge in [-0.1, -0.05) is 5.92 Å². The Morgan fingerprint density at radius 1 is 1.25 bits per heavy atom. The van der Waals surface area contributed by atoms with Crippen molar-refractivity contribution in [3.8, 4) is 12.3 Å². The highest BCUT2D eigenvalue weighted by molar-refractivity contribution is 5.96. The van der Waals surface area contributed by atoms with E-state index >= 15 is 0 Å². The van der Waals surface area contributed by atoms with E-state index in [0.717, 1.165) is 0 Å². The van der Waals surface area contributed by atoms with Crippen molar-refractivity contribution < 1.29 is 24.2 Å². The number of alkyl carbamates (subject to hydrolysis) is 1. The van der Waals surface area contributed by atoms with Gasteiger partial charge in [0.1, 0.15) is 11.6 Å². The molecule has 0 bridgehead atoms. The Balaban J connectivity index is 2.65. The zero-order valence-corrected chi connectivity index (χ0v) is 13.8. The molecule has 7 heteroatoms. The van der Waals surface area contributed by atoms with Crippen molar-refractivity contribution in [3.63, 3.8) is 0 Å². The van der Waals surface area contributed by atoms with Crippen LogP contribution in [0.2, 0.25) is 0 Å². The second-order valence-corrected chi connectivity index (χ2v) is 5.97. The lowest BCUT2D eigenvalue weighted by atomic mass is 10.1. The number of nitrogens with one attached hydrogen (secondary N) is 2. The van der Waals surface area contributed by atoms with Gasteiger partial charge in [-0.05, 0) is 45.0 Å².